The predicted molar refractivity (Wildman–Crippen MR) is 159 cm³/mol. The molecule has 0 radical (unpaired) electrons. The summed E-state index contributed by atoms with van der Waals surface area (Å²) in [5, 5.41) is 4.67. The van der Waals surface area contributed by atoms with Crippen molar-refractivity contribution < 1.29 is 0 Å². The molecule has 0 aliphatic heterocycles. The van der Waals surface area contributed by atoms with Gasteiger partial charge in [-0.25, -0.2) is 15.0 Å². The second-order valence-electron chi connectivity index (χ2n) is 9.68. The van der Waals surface area contributed by atoms with E-state index in [1.54, 1.807) is 0 Å². The summed E-state index contributed by atoms with van der Waals surface area (Å²) in [5.41, 5.74) is 5.76. The fourth-order valence-electron chi connectivity index (χ4n) is 4.94. The van der Waals surface area contributed by atoms with Gasteiger partial charge in [0, 0.05) is 27.9 Å². The Morgan fingerprint density at radius 2 is 0.846 bits per heavy atom. The number of hydrogen-bond acceptors (Lipinski definition) is 4. The van der Waals surface area contributed by atoms with Crippen LogP contribution in [0.3, 0.4) is 0 Å². The van der Waals surface area contributed by atoms with Gasteiger partial charge in [0.25, 0.3) is 0 Å². The lowest BCUT2D eigenvalue weighted by atomic mass is 10.0. The van der Waals surface area contributed by atoms with Crippen LogP contribution >= 0.6 is 0 Å². The first kappa shape index (κ1) is 22.9. The molecule has 2 aromatic heterocycles. The van der Waals surface area contributed by atoms with Crippen molar-refractivity contribution in [3.63, 3.8) is 0 Å². The average molecular weight is 501 g/mol. The van der Waals surface area contributed by atoms with Crippen molar-refractivity contribution in [1.29, 1.82) is 0 Å². The van der Waals surface area contributed by atoms with Gasteiger partial charge in [0.15, 0.2) is 17.5 Å². The molecule has 0 aliphatic carbocycles. The van der Waals surface area contributed by atoms with Gasteiger partial charge in [0.2, 0.25) is 0 Å². The summed E-state index contributed by atoms with van der Waals surface area (Å²) in [6.07, 6.45) is 0. The molecule has 0 aliphatic rings. The van der Waals surface area contributed by atoms with Crippen molar-refractivity contribution in [3.8, 4) is 45.4 Å². The van der Waals surface area contributed by atoms with Crippen molar-refractivity contribution in [2.75, 3.05) is 0 Å². The first-order valence-corrected chi connectivity index (χ1v) is 13.0. The molecule has 0 amide bonds. The molecule has 184 valence electrons. The third-order valence-corrected chi connectivity index (χ3v) is 6.96. The van der Waals surface area contributed by atoms with Crippen LogP contribution in [-0.2, 0) is 0 Å². The fourth-order valence-corrected chi connectivity index (χ4v) is 4.94. The zero-order chi connectivity index (χ0) is 26.2. The maximum Gasteiger partial charge on any atom is 0.164 e. The van der Waals surface area contributed by atoms with Crippen LogP contribution in [0, 0.1) is 6.92 Å². The lowest BCUT2D eigenvalue weighted by Gasteiger charge is -2.10. The maximum absolute atomic E-state index is 4.98. The highest BCUT2D eigenvalue weighted by Gasteiger charge is 2.14. The van der Waals surface area contributed by atoms with E-state index in [4.69, 9.17) is 19.9 Å². The summed E-state index contributed by atoms with van der Waals surface area (Å²) >= 11 is 0. The van der Waals surface area contributed by atoms with Crippen molar-refractivity contribution in [1.82, 2.24) is 19.9 Å². The maximum atomic E-state index is 4.98. The lowest BCUT2D eigenvalue weighted by molar-refractivity contribution is 1.07. The number of hydrogen-bond donors (Lipinski definition) is 0. The Labute approximate surface area is 226 Å². The van der Waals surface area contributed by atoms with Crippen molar-refractivity contribution in [2.45, 2.75) is 6.92 Å². The third kappa shape index (κ3) is 4.53. The molecule has 7 aromatic rings. The molecule has 39 heavy (non-hydrogen) atoms. The molecular weight excluding hydrogens is 476 g/mol. The molecule has 0 saturated heterocycles. The van der Waals surface area contributed by atoms with E-state index < -0.39 is 0 Å². The standard InChI is InChI=1S/C35H24N4/c1-23-8-6-15-32(36-23)28-13-7-14-29(22-28)33-37-34(30-18-16-24-9-2-4-11-26(24)20-30)39-35(38-33)31-19-17-25-10-3-5-12-27(25)21-31/h2-22H,1H3. The second-order valence-corrected chi connectivity index (χ2v) is 9.68. The monoisotopic (exact) mass is 500 g/mol. The summed E-state index contributed by atoms with van der Waals surface area (Å²) in [6, 6.07) is 43.7. The molecule has 4 nitrogen and oxygen atoms in total. The Balaban J connectivity index is 1.41. The number of benzene rings is 5. The van der Waals surface area contributed by atoms with Crippen molar-refractivity contribution in [3.05, 3.63) is 133 Å². The molecule has 0 spiro atoms. The molecule has 7 rings (SSSR count). The van der Waals surface area contributed by atoms with Crippen molar-refractivity contribution >= 4 is 21.5 Å². The van der Waals surface area contributed by atoms with Gasteiger partial charge < -0.3 is 0 Å². The summed E-state index contributed by atoms with van der Waals surface area (Å²) in [6.45, 7) is 2.00. The van der Waals surface area contributed by atoms with Gasteiger partial charge in [-0.15, -0.1) is 0 Å². The topological polar surface area (TPSA) is 51.6 Å². The highest BCUT2D eigenvalue weighted by atomic mass is 15.0. The molecule has 0 atom stereocenters. The van der Waals surface area contributed by atoms with E-state index in [-0.39, 0.29) is 0 Å². The second kappa shape index (κ2) is 9.58. The Bertz CT molecular complexity index is 1900. The number of rotatable bonds is 4. The number of aromatic nitrogens is 4. The molecule has 0 fully saturated rings. The molecule has 0 saturated carbocycles. The highest BCUT2D eigenvalue weighted by molar-refractivity contribution is 5.88. The third-order valence-electron chi connectivity index (χ3n) is 6.96. The first-order valence-electron chi connectivity index (χ1n) is 13.0. The van der Waals surface area contributed by atoms with Crippen LogP contribution < -0.4 is 0 Å². The molecule has 4 heteroatoms. The van der Waals surface area contributed by atoms with E-state index >= 15 is 0 Å². The van der Waals surface area contributed by atoms with E-state index in [2.05, 4.69) is 97.1 Å². The van der Waals surface area contributed by atoms with Crippen LogP contribution in [0.5, 0.6) is 0 Å². The van der Waals surface area contributed by atoms with E-state index in [0.29, 0.717) is 17.5 Å². The average Bonchev–Trinajstić information content (AvgIpc) is 3.00. The molecular formula is C35H24N4. The van der Waals surface area contributed by atoms with Gasteiger partial charge in [-0.05, 0) is 58.8 Å². The summed E-state index contributed by atoms with van der Waals surface area (Å²) < 4.78 is 0. The van der Waals surface area contributed by atoms with E-state index in [1.807, 2.05) is 37.3 Å². The first-order chi connectivity index (χ1) is 19.2. The minimum atomic E-state index is 0.630. The molecule has 2 heterocycles. The van der Waals surface area contributed by atoms with Crippen LogP contribution in [0.1, 0.15) is 5.69 Å². The summed E-state index contributed by atoms with van der Waals surface area (Å²) in [7, 11) is 0. The minimum Gasteiger partial charge on any atom is -0.253 e. The number of nitrogens with zero attached hydrogens (tertiary/aromatic N) is 4. The quantitative estimate of drug-likeness (QED) is 0.243. The Morgan fingerprint density at radius 1 is 0.359 bits per heavy atom. The molecule has 0 unspecified atom stereocenters. The highest BCUT2D eigenvalue weighted by Crippen LogP contribution is 2.30. The van der Waals surface area contributed by atoms with Gasteiger partial charge in [-0.3, -0.25) is 4.98 Å². The van der Waals surface area contributed by atoms with Crippen molar-refractivity contribution in [2.24, 2.45) is 0 Å². The van der Waals surface area contributed by atoms with Gasteiger partial charge in [0.1, 0.15) is 0 Å². The largest absolute Gasteiger partial charge is 0.253 e. The summed E-state index contributed by atoms with van der Waals surface area (Å²) in [5.74, 6) is 1.92. The van der Waals surface area contributed by atoms with Gasteiger partial charge in [-0.2, -0.15) is 0 Å². The van der Waals surface area contributed by atoms with Gasteiger partial charge >= 0.3 is 0 Å². The van der Waals surface area contributed by atoms with Crippen LogP contribution in [0.2, 0.25) is 0 Å². The molecule has 5 aromatic carbocycles. The lowest BCUT2D eigenvalue weighted by Crippen LogP contribution is -2.00. The Morgan fingerprint density at radius 3 is 1.41 bits per heavy atom. The number of aryl methyl sites for hydroxylation is 1. The SMILES string of the molecule is Cc1cccc(-c2cccc(-c3nc(-c4ccc5ccccc5c4)nc(-c4ccc5ccccc5c4)n3)c2)n1. The smallest absolute Gasteiger partial charge is 0.164 e. The normalized spacial score (nSPS) is 11.2. The van der Waals surface area contributed by atoms with Gasteiger partial charge in [0.05, 0.1) is 5.69 Å². The van der Waals surface area contributed by atoms with E-state index in [1.165, 1.54) is 10.8 Å². The van der Waals surface area contributed by atoms with Crippen LogP contribution in [-0.4, -0.2) is 19.9 Å². The predicted octanol–water partition coefficient (Wildman–Crippen LogP) is 8.55. The Hall–Kier alpha value is -5.22. The minimum absolute atomic E-state index is 0.630. The zero-order valence-electron chi connectivity index (χ0n) is 21.4. The fraction of sp³-hybridized carbons (Fsp3) is 0.0286. The molecule has 0 bridgehead atoms. The zero-order valence-corrected chi connectivity index (χ0v) is 21.4. The van der Waals surface area contributed by atoms with Crippen LogP contribution in [0.25, 0.3) is 67.0 Å². The van der Waals surface area contributed by atoms with Gasteiger partial charge in [-0.1, -0.05) is 97.1 Å². The van der Waals surface area contributed by atoms with Crippen LogP contribution in [0.15, 0.2) is 127 Å². The van der Waals surface area contributed by atoms with E-state index in [9.17, 15) is 0 Å². The number of fused-ring (bicyclic) bond motifs is 2. The Kier molecular flexibility index (Phi) is 5.64. The molecule has 0 N–H and O–H groups in total. The van der Waals surface area contributed by atoms with E-state index in [0.717, 1.165) is 44.4 Å². The number of pyridine rings is 1. The van der Waals surface area contributed by atoms with Crippen LogP contribution in [0.4, 0.5) is 0 Å². The summed E-state index contributed by atoms with van der Waals surface area (Å²) in [4.78, 5) is 19.6.